The number of nitrogens with two attached hydrogens (primary N) is 1. The van der Waals surface area contributed by atoms with Gasteiger partial charge in [-0.15, -0.1) is 0 Å². The van der Waals surface area contributed by atoms with Crippen LogP contribution in [0.3, 0.4) is 0 Å². The van der Waals surface area contributed by atoms with Crippen molar-refractivity contribution in [3.8, 4) is 5.75 Å². The minimum atomic E-state index is -2.73. The van der Waals surface area contributed by atoms with Gasteiger partial charge >= 0.3 is 0 Å². The van der Waals surface area contributed by atoms with Crippen molar-refractivity contribution in [1.29, 1.82) is 0 Å². The van der Waals surface area contributed by atoms with Gasteiger partial charge in [-0.05, 0) is 6.07 Å². The van der Waals surface area contributed by atoms with Gasteiger partial charge < -0.3 is 10.5 Å². The van der Waals surface area contributed by atoms with Gasteiger partial charge in [-0.3, -0.25) is 4.79 Å². The smallest absolute Gasteiger partial charge is 0.267 e. The van der Waals surface area contributed by atoms with Crippen molar-refractivity contribution in [2.75, 3.05) is 7.11 Å². The fourth-order valence-electron chi connectivity index (χ4n) is 1.23. The molecule has 0 radical (unpaired) electrons. The molecule has 4 nitrogen and oxygen atoms in total. The molecular weight excluding hydrogens is 206 g/mol. The molecule has 0 spiro atoms. The molecule has 0 aliphatic heterocycles. The Hall–Kier alpha value is -1.56. The van der Waals surface area contributed by atoms with E-state index in [1.807, 2.05) is 0 Å². The summed E-state index contributed by atoms with van der Waals surface area (Å²) in [5.74, 6) is -0.0573. The highest BCUT2D eigenvalue weighted by molar-refractivity contribution is 5.73. The molecule has 0 amide bonds. The van der Waals surface area contributed by atoms with E-state index >= 15 is 0 Å². The van der Waals surface area contributed by atoms with Crippen molar-refractivity contribution < 1.29 is 18.3 Å². The molecular formula is C9H10F2N2O2. The number of methoxy groups -OCH3 is 1. The molecule has 0 saturated heterocycles. The van der Waals surface area contributed by atoms with Crippen molar-refractivity contribution >= 4 is 6.29 Å². The summed E-state index contributed by atoms with van der Waals surface area (Å²) in [4.78, 5) is 14.2. The number of ether oxygens (including phenoxy) is 1. The Labute approximate surface area is 85.1 Å². The number of hydrogen-bond acceptors (Lipinski definition) is 4. The van der Waals surface area contributed by atoms with Gasteiger partial charge in [0, 0.05) is 6.54 Å². The second-order valence-corrected chi connectivity index (χ2v) is 2.74. The Morgan fingerprint density at radius 1 is 1.67 bits per heavy atom. The summed E-state index contributed by atoms with van der Waals surface area (Å²) < 4.78 is 30.0. The number of halogens is 2. The van der Waals surface area contributed by atoms with Crippen LogP contribution in [0.4, 0.5) is 8.78 Å². The molecule has 1 rings (SSSR count). The number of nitrogens with zero attached hydrogens (tertiary/aromatic N) is 1. The topological polar surface area (TPSA) is 65.2 Å². The van der Waals surface area contributed by atoms with E-state index < -0.39 is 6.43 Å². The summed E-state index contributed by atoms with van der Waals surface area (Å²) in [6.07, 6.45) is -2.34. The molecule has 0 aromatic carbocycles. The Morgan fingerprint density at radius 2 is 2.33 bits per heavy atom. The third-order valence-electron chi connectivity index (χ3n) is 1.85. The monoisotopic (exact) mass is 216 g/mol. The van der Waals surface area contributed by atoms with E-state index in [1.54, 1.807) is 0 Å². The normalized spacial score (nSPS) is 10.5. The number of carbonyl (C=O) groups excluding carboxylic acids is 1. The lowest BCUT2D eigenvalue weighted by molar-refractivity contribution is 0.111. The van der Waals surface area contributed by atoms with Crippen LogP contribution < -0.4 is 10.5 Å². The van der Waals surface area contributed by atoms with Gasteiger partial charge in [0.15, 0.2) is 12.0 Å². The van der Waals surface area contributed by atoms with Crippen molar-refractivity contribution in [3.05, 3.63) is 23.0 Å². The maximum Gasteiger partial charge on any atom is 0.267 e. The van der Waals surface area contributed by atoms with E-state index in [1.165, 1.54) is 7.11 Å². The molecule has 2 N–H and O–H groups in total. The average Bonchev–Trinajstić information content (AvgIpc) is 2.26. The lowest BCUT2D eigenvalue weighted by atomic mass is 10.1. The van der Waals surface area contributed by atoms with Crippen LogP contribution in [0.25, 0.3) is 0 Å². The summed E-state index contributed by atoms with van der Waals surface area (Å²) in [6, 6.07) is 0.996. The summed E-state index contributed by atoms with van der Waals surface area (Å²) in [7, 11) is 1.25. The Bertz CT molecular complexity index is 369. The van der Waals surface area contributed by atoms with Crippen LogP contribution in [0.2, 0.25) is 0 Å². The molecule has 0 aliphatic carbocycles. The Morgan fingerprint density at radius 3 is 2.73 bits per heavy atom. The first kappa shape index (κ1) is 11.5. The van der Waals surface area contributed by atoms with Crippen molar-refractivity contribution in [3.63, 3.8) is 0 Å². The standard InChI is InChI=1S/C9H10F2N2O2/c1-15-8-6(9(10)11)2-5(4-14)13-7(8)3-12/h2,4,9H,3,12H2,1H3. The molecule has 0 unspecified atom stereocenters. The Balaban J connectivity index is 3.38. The van der Waals surface area contributed by atoms with Crippen molar-refractivity contribution in [2.45, 2.75) is 13.0 Å². The molecule has 0 saturated carbocycles. The molecule has 1 aromatic heterocycles. The fourth-order valence-corrected chi connectivity index (χ4v) is 1.23. The summed E-state index contributed by atoms with van der Waals surface area (Å²) in [6.45, 7) is -0.0649. The molecule has 1 aromatic rings. The zero-order chi connectivity index (χ0) is 11.4. The van der Waals surface area contributed by atoms with E-state index in [-0.39, 0.29) is 29.2 Å². The summed E-state index contributed by atoms with van der Waals surface area (Å²) >= 11 is 0. The third kappa shape index (κ3) is 2.27. The number of aldehydes is 1. The second-order valence-electron chi connectivity index (χ2n) is 2.74. The van der Waals surface area contributed by atoms with Gasteiger partial charge in [0.25, 0.3) is 6.43 Å². The van der Waals surface area contributed by atoms with E-state index in [2.05, 4.69) is 4.98 Å². The number of pyridine rings is 1. The second kappa shape index (κ2) is 4.79. The highest BCUT2D eigenvalue weighted by Crippen LogP contribution is 2.31. The molecule has 0 atom stereocenters. The van der Waals surface area contributed by atoms with Crippen LogP contribution >= 0.6 is 0 Å². The van der Waals surface area contributed by atoms with Gasteiger partial charge in [-0.1, -0.05) is 0 Å². The van der Waals surface area contributed by atoms with Gasteiger partial charge in [-0.2, -0.15) is 0 Å². The first-order chi connectivity index (χ1) is 7.13. The number of alkyl halides is 2. The number of aromatic nitrogens is 1. The number of hydrogen-bond donors (Lipinski definition) is 1. The fraction of sp³-hybridized carbons (Fsp3) is 0.333. The van der Waals surface area contributed by atoms with Crippen LogP contribution in [0.15, 0.2) is 6.07 Å². The predicted octanol–water partition coefficient (Wildman–Crippen LogP) is 1.30. The SMILES string of the molecule is COc1c(C(F)F)cc(C=O)nc1CN. The number of rotatable bonds is 4. The van der Waals surface area contributed by atoms with Crippen LogP contribution in [0, 0.1) is 0 Å². The highest BCUT2D eigenvalue weighted by Gasteiger charge is 2.19. The number of carbonyl (C=O) groups is 1. The Kier molecular flexibility index (Phi) is 3.68. The first-order valence-electron chi connectivity index (χ1n) is 4.15. The van der Waals surface area contributed by atoms with Gasteiger partial charge in [-0.25, -0.2) is 13.8 Å². The lowest BCUT2D eigenvalue weighted by Crippen LogP contribution is -2.08. The molecule has 6 heteroatoms. The van der Waals surface area contributed by atoms with Gasteiger partial charge in [0.05, 0.1) is 18.4 Å². The van der Waals surface area contributed by atoms with Crippen LogP contribution in [-0.2, 0) is 6.54 Å². The molecule has 15 heavy (non-hydrogen) atoms. The molecule has 1 heterocycles. The highest BCUT2D eigenvalue weighted by atomic mass is 19.3. The molecule has 0 bridgehead atoms. The maximum absolute atomic E-state index is 12.6. The zero-order valence-corrected chi connectivity index (χ0v) is 8.04. The molecule has 82 valence electrons. The van der Waals surface area contributed by atoms with Crippen molar-refractivity contribution in [2.24, 2.45) is 5.73 Å². The van der Waals surface area contributed by atoms with Crippen LogP contribution in [-0.4, -0.2) is 18.4 Å². The molecule has 0 aliphatic rings. The van der Waals surface area contributed by atoms with E-state index in [9.17, 15) is 13.6 Å². The summed E-state index contributed by atoms with van der Waals surface area (Å²) in [5, 5.41) is 0. The van der Waals surface area contributed by atoms with Gasteiger partial charge in [0.2, 0.25) is 0 Å². The van der Waals surface area contributed by atoms with Gasteiger partial charge in [0.1, 0.15) is 5.69 Å². The first-order valence-corrected chi connectivity index (χ1v) is 4.15. The van der Waals surface area contributed by atoms with Crippen LogP contribution in [0.5, 0.6) is 5.75 Å². The van der Waals surface area contributed by atoms with E-state index in [4.69, 9.17) is 10.5 Å². The third-order valence-corrected chi connectivity index (χ3v) is 1.85. The predicted molar refractivity (Wildman–Crippen MR) is 49.0 cm³/mol. The van der Waals surface area contributed by atoms with E-state index in [0.717, 1.165) is 6.07 Å². The van der Waals surface area contributed by atoms with E-state index in [0.29, 0.717) is 6.29 Å². The van der Waals surface area contributed by atoms with Crippen molar-refractivity contribution in [1.82, 2.24) is 4.98 Å². The summed E-state index contributed by atoms with van der Waals surface area (Å²) in [5.41, 5.74) is 5.02. The quantitative estimate of drug-likeness (QED) is 0.770. The lowest BCUT2D eigenvalue weighted by Gasteiger charge is -2.11. The average molecular weight is 216 g/mol. The minimum Gasteiger partial charge on any atom is -0.494 e. The van der Waals surface area contributed by atoms with Crippen LogP contribution in [0.1, 0.15) is 28.2 Å². The maximum atomic E-state index is 12.6. The molecule has 0 fully saturated rings. The zero-order valence-electron chi connectivity index (χ0n) is 8.04. The largest absolute Gasteiger partial charge is 0.494 e. The minimum absolute atomic E-state index is 0.0573.